The van der Waals surface area contributed by atoms with E-state index in [2.05, 4.69) is 0 Å². The Bertz CT molecular complexity index is 754. The van der Waals surface area contributed by atoms with Gasteiger partial charge in [0, 0.05) is 0 Å². The molecule has 22 heavy (non-hydrogen) atoms. The highest BCUT2D eigenvalue weighted by atomic mass is 16.6. The maximum Gasteiger partial charge on any atom is 0.331 e. The Hall–Kier alpha value is -3.02. The van der Waals surface area contributed by atoms with Crippen molar-refractivity contribution < 1.29 is 9.85 Å². The fraction of sp³-hybridized carbons (Fsp3) is 0.125. The normalized spacial score (nSPS) is 21.3. The molecule has 0 atom stereocenters. The van der Waals surface area contributed by atoms with E-state index in [0.29, 0.717) is 0 Å². The van der Waals surface area contributed by atoms with Gasteiger partial charge in [0.1, 0.15) is 11.8 Å². The maximum atomic E-state index is 11.5. The van der Waals surface area contributed by atoms with Gasteiger partial charge in [0.15, 0.2) is 0 Å². The standard InChI is InChI=1S/C16H10N2O4/c19-17(20)15-13-9-5-1-2-6-10(9)14(16(15)18(21)22)12-8-4-3-7-11(12)13/h1-8,13-14H. The van der Waals surface area contributed by atoms with Gasteiger partial charge in [-0.25, -0.2) is 0 Å². The van der Waals surface area contributed by atoms with Gasteiger partial charge in [-0.15, -0.1) is 0 Å². The molecule has 6 nitrogen and oxygen atoms in total. The summed E-state index contributed by atoms with van der Waals surface area (Å²) < 4.78 is 0. The van der Waals surface area contributed by atoms with Crippen LogP contribution < -0.4 is 0 Å². The number of nitro groups is 2. The Morgan fingerprint density at radius 1 is 0.636 bits per heavy atom. The van der Waals surface area contributed by atoms with E-state index >= 15 is 0 Å². The molecule has 0 radical (unpaired) electrons. The average molecular weight is 294 g/mol. The molecule has 0 fully saturated rings. The molecule has 2 aromatic rings. The minimum atomic E-state index is -0.673. The molecule has 3 aliphatic rings. The van der Waals surface area contributed by atoms with Gasteiger partial charge in [-0.05, 0) is 22.3 Å². The monoisotopic (exact) mass is 294 g/mol. The van der Waals surface area contributed by atoms with Crippen molar-refractivity contribution in [2.24, 2.45) is 0 Å². The lowest BCUT2D eigenvalue weighted by molar-refractivity contribution is -0.478. The van der Waals surface area contributed by atoms with Crippen LogP contribution in [-0.2, 0) is 0 Å². The quantitative estimate of drug-likeness (QED) is 0.629. The van der Waals surface area contributed by atoms with E-state index in [1.165, 1.54) is 0 Å². The molecular formula is C16H10N2O4. The molecule has 5 rings (SSSR count). The molecule has 2 bridgehead atoms. The van der Waals surface area contributed by atoms with E-state index in [9.17, 15) is 20.2 Å². The molecule has 0 unspecified atom stereocenters. The lowest BCUT2D eigenvalue weighted by atomic mass is 9.65. The van der Waals surface area contributed by atoms with Crippen molar-refractivity contribution in [3.05, 3.63) is 102 Å². The molecule has 2 aromatic carbocycles. The predicted molar refractivity (Wildman–Crippen MR) is 77.6 cm³/mol. The first kappa shape index (κ1) is 12.7. The number of allylic oxidation sites excluding steroid dienone is 2. The molecule has 0 heterocycles. The van der Waals surface area contributed by atoms with Gasteiger partial charge >= 0.3 is 11.4 Å². The van der Waals surface area contributed by atoms with Gasteiger partial charge in [0.25, 0.3) is 0 Å². The van der Waals surface area contributed by atoms with Gasteiger partial charge in [-0.1, -0.05) is 48.5 Å². The van der Waals surface area contributed by atoms with Crippen LogP contribution in [0.25, 0.3) is 0 Å². The molecule has 6 heteroatoms. The van der Waals surface area contributed by atoms with E-state index in [1.54, 1.807) is 0 Å². The predicted octanol–water partition coefficient (Wildman–Crippen LogP) is 3.04. The largest absolute Gasteiger partial charge is 0.331 e. The Morgan fingerprint density at radius 3 is 1.14 bits per heavy atom. The first-order valence-electron chi connectivity index (χ1n) is 6.81. The summed E-state index contributed by atoms with van der Waals surface area (Å²) in [5.74, 6) is -1.35. The minimum absolute atomic E-state index is 0.299. The van der Waals surface area contributed by atoms with Crippen molar-refractivity contribution in [2.75, 3.05) is 0 Å². The summed E-state index contributed by atoms with van der Waals surface area (Å²) in [5, 5.41) is 23.0. The number of hydrogen-bond acceptors (Lipinski definition) is 4. The highest BCUT2D eigenvalue weighted by molar-refractivity contribution is 5.62. The van der Waals surface area contributed by atoms with Crippen LogP contribution in [0, 0.1) is 20.2 Å². The van der Waals surface area contributed by atoms with Crippen LogP contribution in [0.2, 0.25) is 0 Å². The average Bonchev–Trinajstić information content (AvgIpc) is 2.53. The fourth-order valence-corrected chi connectivity index (χ4v) is 3.69. The molecule has 108 valence electrons. The molecule has 0 amide bonds. The summed E-state index contributed by atoms with van der Waals surface area (Å²) in [7, 11) is 0. The van der Waals surface area contributed by atoms with E-state index in [0.717, 1.165) is 22.3 Å². The summed E-state index contributed by atoms with van der Waals surface area (Å²) in [6.07, 6.45) is 0. The number of hydrogen-bond donors (Lipinski definition) is 0. The zero-order chi connectivity index (χ0) is 15.4. The highest BCUT2D eigenvalue weighted by Crippen LogP contribution is 2.55. The van der Waals surface area contributed by atoms with Crippen molar-refractivity contribution in [3.8, 4) is 0 Å². The van der Waals surface area contributed by atoms with Crippen LogP contribution in [0.1, 0.15) is 34.1 Å². The smallest absolute Gasteiger partial charge is 0.258 e. The Kier molecular flexibility index (Phi) is 2.45. The third-order valence-corrected chi connectivity index (χ3v) is 4.44. The number of rotatable bonds is 2. The zero-order valence-electron chi connectivity index (χ0n) is 11.3. The van der Waals surface area contributed by atoms with Gasteiger partial charge < -0.3 is 0 Å². The van der Waals surface area contributed by atoms with Crippen LogP contribution in [-0.4, -0.2) is 9.85 Å². The molecule has 0 spiro atoms. The summed E-state index contributed by atoms with van der Waals surface area (Å²) in [6.45, 7) is 0. The fourth-order valence-electron chi connectivity index (χ4n) is 3.69. The second-order valence-corrected chi connectivity index (χ2v) is 5.41. The third-order valence-electron chi connectivity index (χ3n) is 4.44. The lowest BCUT2D eigenvalue weighted by Gasteiger charge is -2.35. The molecule has 0 N–H and O–H groups in total. The minimum Gasteiger partial charge on any atom is -0.258 e. The topological polar surface area (TPSA) is 86.3 Å². The SMILES string of the molecule is O=[N+]([O-])C1=C([N+](=O)[O-])C2c3ccccc3C1c1ccccc12. The summed E-state index contributed by atoms with van der Waals surface area (Å²) in [4.78, 5) is 21.9. The van der Waals surface area contributed by atoms with Crippen molar-refractivity contribution in [3.63, 3.8) is 0 Å². The first-order chi connectivity index (χ1) is 10.6. The Morgan fingerprint density at radius 2 is 0.909 bits per heavy atom. The van der Waals surface area contributed by atoms with Crippen molar-refractivity contribution >= 4 is 0 Å². The zero-order valence-corrected chi connectivity index (χ0v) is 11.3. The van der Waals surface area contributed by atoms with Crippen LogP contribution in [0.5, 0.6) is 0 Å². The molecule has 3 aliphatic carbocycles. The second-order valence-electron chi connectivity index (χ2n) is 5.41. The number of nitrogens with zero attached hydrogens (tertiary/aromatic N) is 2. The van der Waals surface area contributed by atoms with E-state index in [-0.39, 0.29) is 11.4 Å². The highest BCUT2D eigenvalue weighted by Gasteiger charge is 2.54. The van der Waals surface area contributed by atoms with Crippen LogP contribution >= 0.6 is 0 Å². The lowest BCUT2D eigenvalue weighted by Crippen LogP contribution is -2.33. The Balaban J connectivity index is 2.13. The first-order valence-corrected chi connectivity index (χ1v) is 6.81. The summed E-state index contributed by atoms with van der Waals surface area (Å²) in [5.41, 5.74) is 2.58. The summed E-state index contributed by atoms with van der Waals surface area (Å²) in [6, 6.07) is 14.5. The molecule has 0 aromatic heterocycles. The van der Waals surface area contributed by atoms with E-state index < -0.39 is 21.7 Å². The van der Waals surface area contributed by atoms with Crippen molar-refractivity contribution in [1.82, 2.24) is 0 Å². The van der Waals surface area contributed by atoms with Crippen LogP contribution in [0.15, 0.2) is 59.9 Å². The van der Waals surface area contributed by atoms with Crippen LogP contribution in [0.4, 0.5) is 0 Å². The second kappa shape index (κ2) is 4.24. The van der Waals surface area contributed by atoms with E-state index in [4.69, 9.17) is 0 Å². The molecule has 0 aliphatic heterocycles. The molecule has 0 saturated carbocycles. The Labute approximate surface area is 125 Å². The number of benzene rings is 2. The van der Waals surface area contributed by atoms with Gasteiger partial charge in [-0.3, -0.25) is 20.2 Å². The van der Waals surface area contributed by atoms with Gasteiger partial charge in [-0.2, -0.15) is 0 Å². The maximum absolute atomic E-state index is 11.5. The van der Waals surface area contributed by atoms with E-state index in [1.807, 2.05) is 48.5 Å². The molecule has 0 saturated heterocycles. The van der Waals surface area contributed by atoms with Gasteiger partial charge in [0.2, 0.25) is 0 Å². The van der Waals surface area contributed by atoms with Gasteiger partial charge in [0.05, 0.1) is 9.85 Å². The van der Waals surface area contributed by atoms with Crippen molar-refractivity contribution in [2.45, 2.75) is 11.8 Å². The van der Waals surface area contributed by atoms with Crippen LogP contribution in [0.3, 0.4) is 0 Å². The summed E-state index contributed by atoms with van der Waals surface area (Å²) >= 11 is 0. The molecular weight excluding hydrogens is 284 g/mol. The third kappa shape index (κ3) is 1.43. The van der Waals surface area contributed by atoms with Crippen molar-refractivity contribution in [1.29, 1.82) is 0 Å².